The number of nitrogens with zero attached hydrogens (tertiary/aromatic N) is 4. The number of carbonyl (C=O) groups excluding carboxylic acids is 1. The van der Waals surface area contributed by atoms with E-state index in [1.807, 2.05) is 19.1 Å². The number of aryl methyl sites for hydroxylation is 2. The van der Waals surface area contributed by atoms with E-state index in [0.29, 0.717) is 11.6 Å². The molecule has 0 aromatic carbocycles. The van der Waals surface area contributed by atoms with Crippen LogP contribution in [0.1, 0.15) is 17.8 Å². The summed E-state index contributed by atoms with van der Waals surface area (Å²) < 4.78 is 13.4. The van der Waals surface area contributed by atoms with Crippen LogP contribution in [0.5, 0.6) is 0 Å². The second-order valence-electron chi connectivity index (χ2n) is 6.25. The van der Waals surface area contributed by atoms with Crippen molar-refractivity contribution in [3.63, 3.8) is 0 Å². The van der Waals surface area contributed by atoms with Crippen LogP contribution in [0.25, 0.3) is 0 Å². The molecule has 6 nitrogen and oxygen atoms in total. The van der Waals surface area contributed by atoms with Gasteiger partial charge in [0.25, 0.3) is 0 Å². The van der Waals surface area contributed by atoms with Gasteiger partial charge in [0.2, 0.25) is 0 Å². The van der Waals surface area contributed by atoms with Gasteiger partial charge < -0.3 is 4.90 Å². The largest absolute Gasteiger partial charge is 0.366 e. The number of hydrogen-bond acceptors (Lipinski definition) is 4. The summed E-state index contributed by atoms with van der Waals surface area (Å²) in [6.45, 7) is 5.20. The van der Waals surface area contributed by atoms with Crippen LogP contribution in [0.3, 0.4) is 0 Å². The van der Waals surface area contributed by atoms with E-state index in [2.05, 4.69) is 20.2 Å². The summed E-state index contributed by atoms with van der Waals surface area (Å²) in [5.74, 6) is 0.633. The SMILES string of the molecule is Cc1ccc2c(n1)N(C(=O)Nc1ccc(F)c(C)n1)C1CCN2C1. The average Bonchev–Trinajstić information content (AvgIpc) is 2.95. The molecule has 1 saturated heterocycles. The van der Waals surface area contributed by atoms with Gasteiger partial charge >= 0.3 is 6.03 Å². The molecule has 7 heteroatoms. The fourth-order valence-electron chi connectivity index (χ4n) is 3.35. The molecule has 4 heterocycles. The summed E-state index contributed by atoms with van der Waals surface area (Å²) >= 11 is 0. The molecule has 24 heavy (non-hydrogen) atoms. The predicted octanol–water partition coefficient (Wildman–Crippen LogP) is 2.86. The highest BCUT2D eigenvalue weighted by atomic mass is 19.1. The first kappa shape index (κ1) is 14.9. The molecule has 4 rings (SSSR count). The number of carbonyl (C=O) groups is 1. The normalized spacial score (nSPS) is 18.5. The molecule has 124 valence electrons. The Kier molecular flexibility index (Phi) is 3.37. The standard InChI is InChI=1S/C17H18FN5O/c1-10-3-5-14-16(19-10)23(12-7-8-22(14)9-12)17(24)21-15-6-4-13(18)11(2)20-15/h3-6,12H,7-9H2,1-2H3,(H,20,21,24). The van der Waals surface area contributed by atoms with E-state index in [1.54, 1.807) is 11.8 Å². The van der Waals surface area contributed by atoms with Gasteiger partial charge in [-0.2, -0.15) is 0 Å². The van der Waals surface area contributed by atoms with Crippen LogP contribution >= 0.6 is 0 Å². The van der Waals surface area contributed by atoms with Gasteiger partial charge in [-0.3, -0.25) is 10.2 Å². The summed E-state index contributed by atoms with van der Waals surface area (Å²) in [7, 11) is 0. The van der Waals surface area contributed by atoms with Crippen molar-refractivity contribution in [2.75, 3.05) is 28.2 Å². The van der Waals surface area contributed by atoms with Gasteiger partial charge in [-0.25, -0.2) is 19.2 Å². The van der Waals surface area contributed by atoms with Crippen LogP contribution in [0.15, 0.2) is 24.3 Å². The van der Waals surface area contributed by atoms with E-state index in [0.717, 1.165) is 30.9 Å². The summed E-state index contributed by atoms with van der Waals surface area (Å²) in [6, 6.07) is 6.56. The molecule has 2 aromatic rings. The first-order valence-electron chi connectivity index (χ1n) is 7.99. The maximum atomic E-state index is 13.4. The van der Waals surface area contributed by atoms with Crippen molar-refractivity contribution < 1.29 is 9.18 Å². The van der Waals surface area contributed by atoms with E-state index in [4.69, 9.17) is 0 Å². The Labute approximate surface area is 139 Å². The molecule has 0 radical (unpaired) electrons. The second kappa shape index (κ2) is 5.43. The molecular formula is C17H18FN5O. The fraction of sp³-hybridized carbons (Fsp3) is 0.353. The third-order valence-electron chi connectivity index (χ3n) is 4.57. The van der Waals surface area contributed by atoms with Crippen molar-refractivity contribution >= 4 is 23.4 Å². The Morgan fingerprint density at radius 3 is 2.88 bits per heavy atom. The Bertz CT molecular complexity index is 825. The lowest BCUT2D eigenvalue weighted by atomic mass is 10.2. The number of halogens is 1. The molecule has 0 saturated carbocycles. The molecule has 2 aromatic heterocycles. The highest BCUT2D eigenvalue weighted by Crippen LogP contribution is 2.38. The summed E-state index contributed by atoms with van der Waals surface area (Å²) in [5, 5.41) is 2.77. The van der Waals surface area contributed by atoms with Gasteiger partial charge in [0.15, 0.2) is 5.82 Å². The molecule has 2 aliphatic heterocycles. The zero-order chi connectivity index (χ0) is 16.8. The third-order valence-corrected chi connectivity index (χ3v) is 4.57. The number of pyridine rings is 2. The minimum absolute atomic E-state index is 0.0911. The van der Waals surface area contributed by atoms with Gasteiger partial charge in [-0.15, -0.1) is 0 Å². The Hall–Kier alpha value is -2.70. The lowest BCUT2D eigenvalue weighted by molar-refractivity contribution is 0.254. The van der Waals surface area contributed by atoms with E-state index < -0.39 is 0 Å². The summed E-state index contributed by atoms with van der Waals surface area (Å²) in [6.07, 6.45) is 0.901. The van der Waals surface area contributed by atoms with Gasteiger partial charge in [0.05, 0.1) is 17.4 Å². The van der Waals surface area contributed by atoms with Gasteiger partial charge in [-0.1, -0.05) is 0 Å². The number of hydrogen-bond donors (Lipinski definition) is 1. The first-order valence-corrected chi connectivity index (χ1v) is 7.99. The summed E-state index contributed by atoms with van der Waals surface area (Å²) in [5.41, 5.74) is 2.10. The molecule has 2 bridgehead atoms. The van der Waals surface area contributed by atoms with Crippen LogP contribution in [0, 0.1) is 19.7 Å². The number of nitrogens with one attached hydrogen (secondary N) is 1. The van der Waals surface area contributed by atoms with Crippen molar-refractivity contribution in [2.45, 2.75) is 26.3 Å². The van der Waals surface area contributed by atoms with Crippen LogP contribution in [-0.4, -0.2) is 35.1 Å². The lowest BCUT2D eigenvalue weighted by Crippen LogP contribution is -2.48. The third kappa shape index (κ3) is 2.36. The monoisotopic (exact) mass is 327 g/mol. The molecule has 1 atom stereocenters. The van der Waals surface area contributed by atoms with Crippen LogP contribution in [0.4, 0.5) is 26.5 Å². The van der Waals surface area contributed by atoms with Crippen molar-refractivity contribution in [3.05, 3.63) is 41.5 Å². The van der Waals surface area contributed by atoms with Crippen LogP contribution in [0.2, 0.25) is 0 Å². The van der Waals surface area contributed by atoms with Gasteiger partial charge in [0.1, 0.15) is 11.6 Å². The maximum Gasteiger partial charge on any atom is 0.329 e. The topological polar surface area (TPSA) is 61.4 Å². The van der Waals surface area contributed by atoms with E-state index >= 15 is 0 Å². The lowest BCUT2D eigenvalue weighted by Gasteiger charge is -2.35. The highest BCUT2D eigenvalue weighted by Gasteiger charge is 2.40. The Morgan fingerprint density at radius 1 is 1.25 bits per heavy atom. The number of fused-ring (bicyclic) bond motifs is 4. The fourth-order valence-corrected chi connectivity index (χ4v) is 3.35. The minimum Gasteiger partial charge on any atom is -0.366 e. The molecule has 1 N–H and O–H groups in total. The number of urea groups is 1. The smallest absolute Gasteiger partial charge is 0.329 e. The van der Waals surface area contributed by atoms with Crippen LogP contribution in [-0.2, 0) is 0 Å². The second-order valence-corrected chi connectivity index (χ2v) is 6.25. The summed E-state index contributed by atoms with van der Waals surface area (Å²) in [4.78, 5) is 25.5. The minimum atomic E-state index is -0.389. The Balaban J connectivity index is 1.67. The number of aromatic nitrogens is 2. The first-order chi connectivity index (χ1) is 11.5. The number of amides is 2. The van der Waals surface area contributed by atoms with E-state index in [9.17, 15) is 9.18 Å². The Morgan fingerprint density at radius 2 is 2.08 bits per heavy atom. The highest BCUT2D eigenvalue weighted by molar-refractivity contribution is 6.04. The molecular weight excluding hydrogens is 309 g/mol. The van der Waals surface area contributed by atoms with Gasteiger partial charge in [-0.05, 0) is 44.5 Å². The van der Waals surface area contributed by atoms with Crippen molar-refractivity contribution in [2.24, 2.45) is 0 Å². The molecule has 2 amide bonds. The van der Waals surface area contributed by atoms with E-state index in [-0.39, 0.29) is 23.6 Å². The number of anilines is 3. The molecule has 1 fully saturated rings. The van der Waals surface area contributed by atoms with E-state index in [1.165, 1.54) is 12.1 Å². The maximum absolute atomic E-state index is 13.4. The zero-order valence-electron chi connectivity index (χ0n) is 13.6. The predicted molar refractivity (Wildman–Crippen MR) is 90.0 cm³/mol. The van der Waals surface area contributed by atoms with Gasteiger partial charge in [0, 0.05) is 18.8 Å². The average molecular weight is 327 g/mol. The van der Waals surface area contributed by atoms with Crippen molar-refractivity contribution in [1.82, 2.24) is 9.97 Å². The van der Waals surface area contributed by atoms with Crippen molar-refractivity contribution in [3.8, 4) is 0 Å². The molecule has 0 aliphatic carbocycles. The van der Waals surface area contributed by atoms with Crippen LogP contribution < -0.4 is 15.1 Å². The zero-order valence-corrected chi connectivity index (χ0v) is 13.6. The number of rotatable bonds is 1. The molecule has 0 spiro atoms. The van der Waals surface area contributed by atoms with Crippen molar-refractivity contribution in [1.29, 1.82) is 0 Å². The quantitative estimate of drug-likeness (QED) is 0.875. The molecule has 1 unspecified atom stereocenters. The molecule has 2 aliphatic rings.